The maximum Gasteiger partial charge on any atom is 0.223 e. The quantitative estimate of drug-likeness (QED) is 0.191. The Morgan fingerprint density at radius 1 is 0.862 bits per heavy atom. The second-order valence-corrected chi connectivity index (χ2v) is 7.73. The molecule has 3 aromatic carbocycles. The van der Waals surface area contributed by atoms with Crippen LogP contribution in [0.25, 0.3) is 11.6 Å². The zero-order valence-electron chi connectivity index (χ0n) is 15.7. The van der Waals surface area contributed by atoms with E-state index in [1.807, 2.05) is 72.8 Å². The van der Waals surface area contributed by atoms with Crippen LogP contribution in [0.3, 0.4) is 0 Å². The lowest BCUT2D eigenvalue weighted by Gasteiger charge is -2.09. The second kappa shape index (κ2) is 10.1. The van der Waals surface area contributed by atoms with Crippen LogP contribution in [-0.2, 0) is 15.3 Å². The van der Waals surface area contributed by atoms with Crippen LogP contribution >= 0.6 is 23.4 Å². The smallest absolute Gasteiger partial charge is 0.223 e. The van der Waals surface area contributed by atoms with Crippen LogP contribution in [0, 0.1) is 0 Å². The molecule has 0 saturated heterocycles. The maximum atomic E-state index is 13.1. The largest absolute Gasteiger partial charge is 0.288 e. The molecule has 3 aromatic rings. The molecule has 0 unspecified atom stereocenters. The third-order valence-corrected chi connectivity index (χ3v) is 5.48. The molecule has 0 fully saturated rings. The van der Waals surface area contributed by atoms with Gasteiger partial charge in [0.1, 0.15) is 0 Å². The highest BCUT2D eigenvalue weighted by atomic mass is 35.5. The number of hydrogen-bond donors (Lipinski definition) is 0. The van der Waals surface area contributed by atoms with Gasteiger partial charge in [0.15, 0.2) is 5.78 Å². The van der Waals surface area contributed by atoms with Gasteiger partial charge in [-0.05, 0) is 34.9 Å². The van der Waals surface area contributed by atoms with E-state index in [4.69, 9.17) is 11.6 Å². The third kappa shape index (κ3) is 5.80. The Kier molecular flexibility index (Phi) is 7.23. The molecule has 3 rings (SSSR count). The lowest BCUT2D eigenvalue weighted by molar-refractivity contribution is -0.114. The number of carbonyl (C=O) groups excluding carboxylic acids is 2. The topological polar surface area (TPSA) is 34.1 Å². The van der Waals surface area contributed by atoms with E-state index in [0.717, 1.165) is 28.5 Å². The van der Waals surface area contributed by atoms with E-state index in [1.54, 1.807) is 18.2 Å². The molecule has 144 valence electrons. The number of Topliss-reactive ketones (excluding diaryl/α,β-unsaturated/α-hetero) is 1. The monoisotopic (exact) mass is 418 g/mol. The van der Waals surface area contributed by atoms with Gasteiger partial charge in [0, 0.05) is 16.3 Å². The minimum atomic E-state index is -0.378. The number of rotatable bonds is 7. The van der Waals surface area contributed by atoms with Crippen molar-refractivity contribution in [1.29, 1.82) is 0 Å². The number of ketones is 1. The number of carbonyl (C=O) groups is 2. The van der Waals surface area contributed by atoms with E-state index in [0.29, 0.717) is 16.3 Å². The van der Waals surface area contributed by atoms with Crippen molar-refractivity contribution in [2.75, 3.05) is 0 Å². The number of halogens is 1. The highest BCUT2D eigenvalue weighted by Gasteiger charge is 2.21. The summed E-state index contributed by atoms with van der Waals surface area (Å²) >= 11 is 7.04. The number of benzene rings is 3. The van der Waals surface area contributed by atoms with E-state index in [9.17, 15) is 9.59 Å². The highest BCUT2D eigenvalue weighted by Crippen LogP contribution is 2.26. The fourth-order valence-corrected chi connectivity index (χ4v) is 3.57. The van der Waals surface area contributed by atoms with Crippen LogP contribution in [0.1, 0.15) is 16.7 Å². The summed E-state index contributed by atoms with van der Waals surface area (Å²) in [5.41, 5.74) is 2.96. The van der Waals surface area contributed by atoms with Gasteiger partial charge in [-0.2, -0.15) is 0 Å². The standard InChI is InChI=1S/C25H19ClO2S/c1-18(25(28)29-17-20-8-4-2-5-9-20)24(27)23(21-10-6-3-7-11-21)16-19-12-14-22(26)15-13-19/h2-16H,1,17H2/b23-16+. The van der Waals surface area contributed by atoms with Crippen molar-refractivity contribution in [3.8, 4) is 0 Å². The van der Waals surface area contributed by atoms with Crippen molar-refractivity contribution < 1.29 is 9.59 Å². The van der Waals surface area contributed by atoms with Gasteiger partial charge >= 0.3 is 0 Å². The van der Waals surface area contributed by atoms with Crippen LogP contribution in [0.15, 0.2) is 97.1 Å². The number of thioether (sulfide) groups is 1. The summed E-state index contributed by atoms with van der Waals surface area (Å²) in [5.74, 6) is 0.116. The molecule has 0 bridgehead atoms. The summed E-state index contributed by atoms with van der Waals surface area (Å²) in [4.78, 5) is 25.7. The van der Waals surface area contributed by atoms with E-state index in [1.165, 1.54) is 0 Å². The van der Waals surface area contributed by atoms with Crippen molar-refractivity contribution in [2.45, 2.75) is 5.75 Å². The van der Waals surface area contributed by atoms with E-state index < -0.39 is 0 Å². The van der Waals surface area contributed by atoms with E-state index >= 15 is 0 Å². The molecule has 0 aliphatic carbocycles. The molecule has 4 heteroatoms. The van der Waals surface area contributed by atoms with E-state index in [-0.39, 0.29) is 16.5 Å². The van der Waals surface area contributed by atoms with Crippen LogP contribution in [0.5, 0.6) is 0 Å². The van der Waals surface area contributed by atoms with E-state index in [2.05, 4.69) is 6.58 Å². The summed E-state index contributed by atoms with van der Waals surface area (Å²) in [6.45, 7) is 3.79. The molecule has 29 heavy (non-hydrogen) atoms. The summed E-state index contributed by atoms with van der Waals surface area (Å²) in [5, 5.41) is 0.295. The molecule has 2 nitrogen and oxygen atoms in total. The molecular formula is C25H19ClO2S. The van der Waals surface area contributed by atoms with Crippen LogP contribution < -0.4 is 0 Å². The summed E-state index contributed by atoms with van der Waals surface area (Å²) in [7, 11) is 0. The molecule has 0 saturated carbocycles. The fourth-order valence-electron chi connectivity index (χ4n) is 2.69. The molecule has 0 amide bonds. The molecular weight excluding hydrogens is 400 g/mol. The Balaban J connectivity index is 1.83. The SMILES string of the molecule is C=C(C(=O)SCc1ccccc1)C(=O)/C(=C/c1ccc(Cl)cc1)c1ccccc1. The van der Waals surface area contributed by atoms with Gasteiger partial charge in [-0.25, -0.2) is 0 Å². The highest BCUT2D eigenvalue weighted by molar-refractivity contribution is 8.13. The molecule has 0 N–H and O–H groups in total. The molecule has 0 aliphatic heterocycles. The third-order valence-electron chi connectivity index (χ3n) is 4.24. The van der Waals surface area contributed by atoms with Crippen molar-refractivity contribution in [3.05, 3.63) is 119 Å². The van der Waals surface area contributed by atoms with Gasteiger partial charge < -0.3 is 0 Å². The van der Waals surface area contributed by atoms with Crippen molar-refractivity contribution in [1.82, 2.24) is 0 Å². The second-order valence-electron chi connectivity index (χ2n) is 6.34. The van der Waals surface area contributed by atoms with Crippen molar-refractivity contribution in [2.24, 2.45) is 0 Å². The predicted octanol–water partition coefficient (Wildman–Crippen LogP) is 6.47. The Morgan fingerprint density at radius 2 is 1.45 bits per heavy atom. The molecule has 0 aromatic heterocycles. The molecule has 0 radical (unpaired) electrons. The van der Waals surface area contributed by atoms with Gasteiger partial charge in [-0.3, -0.25) is 9.59 Å². The Morgan fingerprint density at radius 3 is 2.07 bits per heavy atom. The predicted molar refractivity (Wildman–Crippen MR) is 123 cm³/mol. The van der Waals surface area contributed by atoms with Crippen molar-refractivity contribution >= 4 is 45.9 Å². The lowest BCUT2D eigenvalue weighted by Crippen LogP contribution is -2.11. The Hall–Kier alpha value is -2.88. The zero-order valence-corrected chi connectivity index (χ0v) is 17.2. The van der Waals surface area contributed by atoms with Gasteiger partial charge in [0.2, 0.25) is 5.12 Å². The average Bonchev–Trinajstić information content (AvgIpc) is 2.77. The molecule has 0 spiro atoms. The number of hydrogen-bond acceptors (Lipinski definition) is 3. The number of allylic oxidation sites excluding steroid dienone is 1. The lowest BCUT2D eigenvalue weighted by atomic mass is 9.95. The van der Waals surface area contributed by atoms with Gasteiger partial charge in [-0.15, -0.1) is 0 Å². The van der Waals surface area contributed by atoms with Crippen LogP contribution in [0.2, 0.25) is 5.02 Å². The average molecular weight is 419 g/mol. The zero-order chi connectivity index (χ0) is 20.6. The normalized spacial score (nSPS) is 11.1. The molecule has 0 atom stereocenters. The minimum absolute atomic E-state index is 0.0324. The summed E-state index contributed by atoms with van der Waals surface area (Å²) in [6, 6.07) is 26.1. The minimum Gasteiger partial charge on any atom is -0.288 e. The van der Waals surface area contributed by atoms with Gasteiger partial charge in [-0.1, -0.05) is 103 Å². The first kappa shape index (κ1) is 20.8. The van der Waals surface area contributed by atoms with Gasteiger partial charge in [0.25, 0.3) is 0 Å². The first-order valence-corrected chi connectivity index (χ1v) is 10.4. The summed E-state index contributed by atoms with van der Waals surface area (Å²) in [6.07, 6.45) is 1.76. The Bertz CT molecular complexity index is 1040. The fraction of sp³-hybridized carbons (Fsp3) is 0.0400. The maximum absolute atomic E-state index is 13.1. The van der Waals surface area contributed by atoms with Crippen LogP contribution in [-0.4, -0.2) is 10.9 Å². The Labute approximate surface area is 179 Å². The first-order chi connectivity index (χ1) is 14.0. The first-order valence-electron chi connectivity index (χ1n) is 9.02. The molecule has 0 heterocycles. The summed E-state index contributed by atoms with van der Waals surface area (Å²) < 4.78 is 0. The van der Waals surface area contributed by atoms with Crippen LogP contribution in [0.4, 0.5) is 0 Å². The van der Waals surface area contributed by atoms with Crippen molar-refractivity contribution in [3.63, 3.8) is 0 Å². The van der Waals surface area contributed by atoms with Gasteiger partial charge in [0.05, 0.1) is 5.57 Å². The molecule has 0 aliphatic rings.